The molecule has 1 atom stereocenters. The van der Waals surface area contributed by atoms with E-state index in [0.717, 1.165) is 5.39 Å². The lowest BCUT2D eigenvalue weighted by molar-refractivity contribution is -0.148. The van der Waals surface area contributed by atoms with E-state index in [9.17, 15) is 9.59 Å². The molecule has 1 amide bonds. The Bertz CT molecular complexity index is 830. The first-order chi connectivity index (χ1) is 12.6. The van der Waals surface area contributed by atoms with E-state index in [1.54, 1.807) is 33.0 Å². The number of aromatic nitrogens is 1. The molecular formula is C20H25ClN2O4. The highest BCUT2D eigenvalue weighted by molar-refractivity contribution is 6.32. The highest BCUT2D eigenvalue weighted by Gasteiger charge is 2.28. The zero-order valence-electron chi connectivity index (χ0n) is 16.2. The van der Waals surface area contributed by atoms with Gasteiger partial charge in [-0.15, -0.1) is 0 Å². The van der Waals surface area contributed by atoms with Gasteiger partial charge in [0.1, 0.15) is 18.2 Å². The highest BCUT2D eigenvalue weighted by Crippen LogP contribution is 2.25. The van der Waals surface area contributed by atoms with Crippen LogP contribution in [0.5, 0.6) is 0 Å². The maximum atomic E-state index is 12.6. The molecule has 1 N–H and O–H groups in total. The topological polar surface area (TPSA) is 77.5 Å². The van der Waals surface area contributed by atoms with Gasteiger partial charge in [-0.3, -0.25) is 4.98 Å². The summed E-state index contributed by atoms with van der Waals surface area (Å²) in [5.74, 6) is -0.731. The molecule has 27 heavy (non-hydrogen) atoms. The zero-order chi connectivity index (χ0) is 20.2. The molecule has 0 radical (unpaired) electrons. The summed E-state index contributed by atoms with van der Waals surface area (Å²) in [6.45, 7) is 8.86. The van der Waals surface area contributed by atoms with Crippen molar-refractivity contribution < 1.29 is 19.1 Å². The molecule has 0 saturated carbocycles. The van der Waals surface area contributed by atoms with Crippen LogP contribution < -0.4 is 5.32 Å². The quantitative estimate of drug-likeness (QED) is 0.759. The summed E-state index contributed by atoms with van der Waals surface area (Å²) in [5.41, 5.74) is 0.652. The summed E-state index contributed by atoms with van der Waals surface area (Å²) < 4.78 is 10.7. The molecule has 2 rings (SSSR count). The third-order valence-corrected chi connectivity index (χ3v) is 4.13. The maximum absolute atomic E-state index is 12.6. The number of amides is 1. The van der Waals surface area contributed by atoms with Gasteiger partial charge in [-0.05, 0) is 38.8 Å². The number of nitrogens with zero attached hydrogens (tertiary/aromatic N) is 1. The molecule has 7 heteroatoms. The summed E-state index contributed by atoms with van der Waals surface area (Å²) >= 11 is 6.26. The van der Waals surface area contributed by atoms with Crippen LogP contribution in [0.1, 0.15) is 40.2 Å². The number of rotatable bonds is 5. The van der Waals surface area contributed by atoms with Gasteiger partial charge in [0.05, 0.1) is 5.52 Å². The van der Waals surface area contributed by atoms with Crippen LogP contribution in [0.4, 0.5) is 4.79 Å². The second-order valence-electron chi connectivity index (χ2n) is 7.58. The van der Waals surface area contributed by atoms with E-state index in [1.807, 2.05) is 32.0 Å². The molecule has 2 aromatic rings. The average Bonchev–Trinajstić information content (AvgIpc) is 2.56. The van der Waals surface area contributed by atoms with Crippen molar-refractivity contribution in [1.29, 1.82) is 0 Å². The van der Waals surface area contributed by atoms with E-state index in [0.29, 0.717) is 16.1 Å². The Morgan fingerprint density at radius 3 is 2.56 bits per heavy atom. The van der Waals surface area contributed by atoms with Crippen molar-refractivity contribution in [3.05, 3.63) is 41.0 Å². The number of alkyl carbamates (subject to hydrolysis) is 1. The van der Waals surface area contributed by atoms with Crippen molar-refractivity contribution >= 4 is 34.6 Å². The molecule has 0 spiro atoms. The summed E-state index contributed by atoms with van der Waals surface area (Å²) in [7, 11) is 0. The normalized spacial score (nSPS) is 12.7. The van der Waals surface area contributed by atoms with Gasteiger partial charge >= 0.3 is 12.1 Å². The van der Waals surface area contributed by atoms with E-state index in [4.69, 9.17) is 21.1 Å². The maximum Gasteiger partial charge on any atom is 0.408 e. The van der Waals surface area contributed by atoms with Crippen molar-refractivity contribution in [2.24, 2.45) is 5.92 Å². The van der Waals surface area contributed by atoms with Gasteiger partial charge in [-0.1, -0.05) is 37.6 Å². The number of carbonyl (C=O) groups is 2. The Balaban J connectivity index is 2.11. The molecule has 0 saturated heterocycles. The second-order valence-corrected chi connectivity index (χ2v) is 7.98. The molecule has 0 fully saturated rings. The first-order valence-electron chi connectivity index (χ1n) is 8.77. The molecule has 0 aliphatic rings. The van der Waals surface area contributed by atoms with Crippen molar-refractivity contribution in [2.45, 2.75) is 52.9 Å². The van der Waals surface area contributed by atoms with Gasteiger partial charge in [-0.2, -0.15) is 0 Å². The Morgan fingerprint density at radius 2 is 1.93 bits per heavy atom. The Hall–Kier alpha value is -2.34. The number of halogens is 1. The molecule has 6 nitrogen and oxygen atoms in total. The fourth-order valence-corrected chi connectivity index (χ4v) is 2.69. The molecule has 1 aromatic carbocycles. The van der Waals surface area contributed by atoms with E-state index >= 15 is 0 Å². The molecule has 1 heterocycles. The Kier molecular flexibility index (Phi) is 6.65. The van der Waals surface area contributed by atoms with Crippen molar-refractivity contribution in [3.8, 4) is 0 Å². The number of carbonyl (C=O) groups excluding carboxylic acids is 2. The highest BCUT2D eigenvalue weighted by atomic mass is 35.5. The number of hydrogen-bond acceptors (Lipinski definition) is 5. The second kappa shape index (κ2) is 8.57. The van der Waals surface area contributed by atoms with Crippen LogP contribution in [0.15, 0.2) is 30.5 Å². The van der Waals surface area contributed by atoms with Crippen LogP contribution in [0, 0.1) is 5.92 Å². The van der Waals surface area contributed by atoms with Gasteiger partial charge < -0.3 is 14.8 Å². The molecular weight excluding hydrogens is 368 g/mol. The average molecular weight is 393 g/mol. The largest absolute Gasteiger partial charge is 0.459 e. The third kappa shape index (κ3) is 5.82. The van der Waals surface area contributed by atoms with Crippen molar-refractivity contribution in [1.82, 2.24) is 10.3 Å². The number of nitrogens with one attached hydrogen (secondary N) is 1. The summed E-state index contributed by atoms with van der Waals surface area (Å²) in [6, 6.07) is 6.50. The standard InChI is InChI=1S/C20H25ClN2O4/c1-12(2)16(23-19(25)27-20(3,4)5)18(24)26-11-14-15(21)9-8-13-7-6-10-22-17(13)14/h6-10,12,16H,11H2,1-5H3,(H,23,25)/t16-/m1/s1. The van der Waals surface area contributed by atoms with Crippen molar-refractivity contribution in [3.63, 3.8) is 0 Å². The van der Waals surface area contributed by atoms with Crippen molar-refractivity contribution in [2.75, 3.05) is 0 Å². The first kappa shape index (κ1) is 21.0. The van der Waals surface area contributed by atoms with Gasteiger partial charge in [0.25, 0.3) is 0 Å². The first-order valence-corrected chi connectivity index (χ1v) is 9.14. The van der Waals surface area contributed by atoms with E-state index in [1.165, 1.54) is 0 Å². The number of benzene rings is 1. The summed E-state index contributed by atoms with van der Waals surface area (Å²) in [5, 5.41) is 3.95. The van der Waals surface area contributed by atoms with Crippen LogP contribution in [0.25, 0.3) is 10.9 Å². The lowest BCUT2D eigenvalue weighted by Crippen LogP contribution is -2.47. The number of ether oxygens (including phenoxy) is 2. The van der Waals surface area contributed by atoms with Crippen LogP contribution in [-0.4, -0.2) is 28.7 Å². The molecule has 1 aromatic heterocycles. The van der Waals surface area contributed by atoms with Gasteiger partial charge in [0, 0.05) is 22.2 Å². The number of fused-ring (bicyclic) bond motifs is 1. The summed E-state index contributed by atoms with van der Waals surface area (Å²) in [6.07, 6.45) is 0.994. The number of pyridine rings is 1. The van der Waals surface area contributed by atoms with Crippen LogP contribution in [0.2, 0.25) is 5.02 Å². The summed E-state index contributed by atoms with van der Waals surface area (Å²) in [4.78, 5) is 28.9. The molecule has 0 aliphatic heterocycles. The minimum absolute atomic E-state index is 0.0365. The lowest BCUT2D eigenvalue weighted by Gasteiger charge is -2.24. The molecule has 0 aliphatic carbocycles. The van der Waals surface area contributed by atoms with Gasteiger partial charge in [-0.25, -0.2) is 9.59 Å². The van der Waals surface area contributed by atoms with Gasteiger partial charge in [0.15, 0.2) is 0 Å². The predicted octanol–water partition coefficient (Wildman–Crippen LogP) is 4.48. The van der Waals surface area contributed by atoms with Crippen LogP contribution in [0.3, 0.4) is 0 Å². The predicted molar refractivity (Wildman–Crippen MR) is 105 cm³/mol. The van der Waals surface area contributed by atoms with E-state index in [-0.39, 0.29) is 12.5 Å². The minimum atomic E-state index is -0.832. The van der Waals surface area contributed by atoms with Crippen LogP contribution >= 0.6 is 11.6 Å². The van der Waals surface area contributed by atoms with Crippen LogP contribution in [-0.2, 0) is 20.9 Å². The Labute approximate surface area is 164 Å². The third-order valence-electron chi connectivity index (χ3n) is 3.77. The minimum Gasteiger partial charge on any atom is -0.459 e. The lowest BCUT2D eigenvalue weighted by atomic mass is 10.0. The molecule has 0 bridgehead atoms. The van der Waals surface area contributed by atoms with E-state index in [2.05, 4.69) is 10.3 Å². The number of hydrogen-bond donors (Lipinski definition) is 1. The van der Waals surface area contributed by atoms with E-state index < -0.39 is 23.7 Å². The van der Waals surface area contributed by atoms with Gasteiger partial charge in [0.2, 0.25) is 0 Å². The monoisotopic (exact) mass is 392 g/mol. The smallest absolute Gasteiger partial charge is 0.408 e. The SMILES string of the molecule is CC(C)[C@@H](NC(=O)OC(C)(C)C)C(=O)OCc1c(Cl)ccc2cccnc12. The fraction of sp³-hybridized carbons (Fsp3) is 0.450. The molecule has 0 unspecified atom stereocenters. The zero-order valence-corrected chi connectivity index (χ0v) is 17.0. The fourth-order valence-electron chi connectivity index (χ4n) is 2.48. The number of esters is 1. The Morgan fingerprint density at radius 1 is 1.22 bits per heavy atom. The molecule has 146 valence electrons.